The quantitative estimate of drug-likeness (QED) is 0.656. The van der Waals surface area contributed by atoms with Crippen LogP contribution < -0.4 is 0 Å². The lowest BCUT2D eigenvalue weighted by Gasteiger charge is -2.44. The molecule has 1 fully saturated rings. The maximum absolute atomic E-state index is 12.1. The van der Waals surface area contributed by atoms with E-state index in [0.717, 1.165) is 0 Å². The predicted octanol–water partition coefficient (Wildman–Crippen LogP) is 1.93. The van der Waals surface area contributed by atoms with Gasteiger partial charge in [0.1, 0.15) is 0 Å². The average molecular weight is 247 g/mol. The first-order valence-electron chi connectivity index (χ1n) is 5.91. The van der Waals surface area contributed by atoms with Crippen LogP contribution in [0.15, 0.2) is 0 Å². The summed E-state index contributed by atoms with van der Waals surface area (Å²) in [5.41, 5.74) is -0.123. The van der Waals surface area contributed by atoms with E-state index in [1.54, 1.807) is 0 Å². The van der Waals surface area contributed by atoms with Gasteiger partial charge in [-0.15, -0.1) is 0 Å². The van der Waals surface area contributed by atoms with Crippen LogP contribution in [0.1, 0.15) is 41.5 Å². The highest BCUT2D eigenvalue weighted by Gasteiger charge is 2.42. The second kappa shape index (κ2) is 3.98. The van der Waals surface area contributed by atoms with E-state index < -0.39 is 9.84 Å². The van der Waals surface area contributed by atoms with Crippen LogP contribution in [-0.2, 0) is 9.84 Å². The smallest absolute Gasteiger partial charge is 0.156 e. The molecule has 1 saturated heterocycles. The molecule has 0 radical (unpaired) electrons. The molecule has 0 N–H and O–H groups in total. The SMILES string of the molecule is CC(C)(C)C1CN(C(C)(C)C)CCS1(=O)=O. The summed E-state index contributed by atoms with van der Waals surface area (Å²) in [6.07, 6.45) is 0. The average Bonchev–Trinajstić information content (AvgIpc) is 1.98. The number of rotatable bonds is 0. The molecule has 1 unspecified atom stereocenters. The summed E-state index contributed by atoms with van der Waals surface area (Å²) in [4.78, 5) is 2.28. The molecule has 1 aliphatic rings. The van der Waals surface area contributed by atoms with Crippen molar-refractivity contribution in [1.29, 1.82) is 0 Å². The van der Waals surface area contributed by atoms with Crippen LogP contribution in [0.25, 0.3) is 0 Å². The fourth-order valence-corrected chi connectivity index (χ4v) is 4.45. The maximum Gasteiger partial charge on any atom is 0.156 e. The summed E-state index contributed by atoms with van der Waals surface area (Å²) in [6.45, 7) is 13.8. The van der Waals surface area contributed by atoms with Crippen molar-refractivity contribution in [3.05, 3.63) is 0 Å². The Hall–Kier alpha value is -0.0900. The first-order valence-corrected chi connectivity index (χ1v) is 7.63. The highest BCUT2D eigenvalue weighted by molar-refractivity contribution is 7.92. The summed E-state index contributed by atoms with van der Waals surface area (Å²) >= 11 is 0. The third-order valence-corrected chi connectivity index (χ3v) is 5.85. The van der Waals surface area contributed by atoms with Crippen LogP contribution in [0.2, 0.25) is 0 Å². The van der Waals surface area contributed by atoms with Gasteiger partial charge in [0.05, 0.1) is 11.0 Å². The molecule has 3 nitrogen and oxygen atoms in total. The zero-order valence-electron chi connectivity index (χ0n) is 11.4. The highest BCUT2D eigenvalue weighted by atomic mass is 32.2. The highest BCUT2D eigenvalue weighted by Crippen LogP contribution is 2.31. The largest absolute Gasteiger partial charge is 0.296 e. The molecular formula is C12H25NO2S. The van der Waals surface area contributed by atoms with Crippen LogP contribution in [0, 0.1) is 5.41 Å². The van der Waals surface area contributed by atoms with E-state index >= 15 is 0 Å². The first kappa shape index (κ1) is 14.0. The van der Waals surface area contributed by atoms with Crippen molar-refractivity contribution in [3.63, 3.8) is 0 Å². The van der Waals surface area contributed by atoms with Crippen molar-refractivity contribution in [2.45, 2.75) is 52.3 Å². The van der Waals surface area contributed by atoms with Gasteiger partial charge < -0.3 is 0 Å². The molecule has 0 bridgehead atoms. The predicted molar refractivity (Wildman–Crippen MR) is 68.4 cm³/mol. The molecule has 16 heavy (non-hydrogen) atoms. The third-order valence-electron chi connectivity index (χ3n) is 3.38. The molecule has 0 aromatic rings. The van der Waals surface area contributed by atoms with Crippen molar-refractivity contribution in [1.82, 2.24) is 4.90 Å². The van der Waals surface area contributed by atoms with Gasteiger partial charge in [0.15, 0.2) is 9.84 Å². The molecule has 0 aromatic carbocycles. The Bertz CT molecular complexity index is 346. The van der Waals surface area contributed by atoms with Gasteiger partial charge in [-0.05, 0) is 26.2 Å². The Kier molecular flexibility index (Phi) is 3.48. The lowest BCUT2D eigenvalue weighted by atomic mass is 9.90. The Morgan fingerprint density at radius 2 is 1.56 bits per heavy atom. The standard InChI is InChI=1S/C12H25NO2S/c1-11(2,3)10-9-13(12(4,5)6)7-8-16(10,14)15/h10H,7-9H2,1-6H3. The molecule has 0 aliphatic carbocycles. The summed E-state index contributed by atoms with van der Waals surface area (Å²) in [5.74, 6) is 0.298. The molecule has 1 rings (SSSR count). The Morgan fingerprint density at radius 1 is 1.06 bits per heavy atom. The number of sulfone groups is 1. The normalized spacial score (nSPS) is 28.0. The summed E-state index contributed by atoms with van der Waals surface area (Å²) in [5, 5.41) is -0.243. The Balaban J connectivity index is 2.96. The topological polar surface area (TPSA) is 37.4 Å². The molecule has 1 aliphatic heterocycles. The van der Waals surface area contributed by atoms with Gasteiger partial charge >= 0.3 is 0 Å². The lowest BCUT2D eigenvalue weighted by molar-refractivity contribution is 0.120. The third kappa shape index (κ3) is 2.98. The van der Waals surface area contributed by atoms with E-state index in [1.807, 2.05) is 20.8 Å². The van der Waals surface area contributed by atoms with Crippen molar-refractivity contribution in [2.24, 2.45) is 5.41 Å². The molecule has 0 saturated carbocycles. The van der Waals surface area contributed by atoms with Crippen LogP contribution in [0.3, 0.4) is 0 Å². The zero-order chi connectivity index (χ0) is 12.8. The molecule has 0 aromatic heterocycles. The lowest BCUT2D eigenvalue weighted by Crippen LogP contribution is -2.57. The van der Waals surface area contributed by atoms with E-state index in [-0.39, 0.29) is 16.2 Å². The molecule has 96 valence electrons. The number of hydrogen-bond donors (Lipinski definition) is 0. The zero-order valence-corrected chi connectivity index (χ0v) is 12.2. The van der Waals surface area contributed by atoms with E-state index in [9.17, 15) is 8.42 Å². The van der Waals surface area contributed by atoms with E-state index in [4.69, 9.17) is 0 Å². The summed E-state index contributed by atoms with van der Waals surface area (Å²) < 4.78 is 24.1. The van der Waals surface area contributed by atoms with Gasteiger partial charge in [-0.1, -0.05) is 20.8 Å². The van der Waals surface area contributed by atoms with Crippen molar-refractivity contribution in [3.8, 4) is 0 Å². The van der Waals surface area contributed by atoms with Gasteiger partial charge in [0, 0.05) is 18.6 Å². The minimum Gasteiger partial charge on any atom is -0.296 e. The molecular weight excluding hydrogens is 222 g/mol. The summed E-state index contributed by atoms with van der Waals surface area (Å²) in [6, 6.07) is 0. The molecule has 0 spiro atoms. The molecule has 1 atom stereocenters. The van der Waals surface area contributed by atoms with Crippen LogP contribution >= 0.6 is 0 Å². The molecule has 1 heterocycles. The fraction of sp³-hybridized carbons (Fsp3) is 1.00. The van der Waals surface area contributed by atoms with Gasteiger partial charge in [0.25, 0.3) is 0 Å². The van der Waals surface area contributed by atoms with Crippen LogP contribution in [-0.4, -0.2) is 42.9 Å². The molecule has 0 amide bonds. The van der Waals surface area contributed by atoms with E-state index in [1.165, 1.54) is 0 Å². The fourth-order valence-electron chi connectivity index (χ4n) is 2.21. The van der Waals surface area contributed by atoms with Crippen LogP contribution in [0.5, 0.6) is 0 Å². The van der Waals surface area contributed by atoms with Crippen molar-refractivity contribution < 1.29 is 8.42 Å². The van der Waals surface area contributed by atoms with E-state index in [0.29, 0.717) is 18.8 Å². The van der Waals surface area contributed by atoms with Gasteiger partial charge in [0.2, 0.25) is 0 Å². The minimum atomic E-state index is -2.92. The first-order chi connectivity index (χ1) is 6.94. The van der Waals surface area contributed by atoms with Gasteiger partial charge in [-0.3, -0.25) is 4.90 Å². The summed E-state index contributed by atoms with van der Waals surface area (Å²) in [7, 11) is -2.92. The Labute approximate surface area is 100 Å². The second-order valence-electron chi connectivity index (χ2n) is 6.84. The van der Waals surface area contributed by atoms with Crippen molar-refractivity contribution >= 4 is 9.84 Å². The maximum atomic E-state index is 12.1. The Morgan fingerprint density at radius 3 is 1.94 bits per heavy atom. The van der Waals surface area contributed by atoms with Crippen LogP contribution in [0.4, 0.5) is 0 Å². The monoisotopic (exact) mass is 247 g/mol. The minimum absolute atomic E-state index is 0.0550. The number of nitrogens with zero attached hydrogens (tertiary/aromatic N) is 1. The van der Waals surface area contributed by atoms with Gasteiger partial charge in [-0.25, -0.2) is 8.42 Å². The van der Waals surface area contributed by atoms with Gasteiger partial charge in [-0.2, -0.15) is 0 Å². The van der Waals surface area contributed by atoms with Crippen molar-refractivity contribution in [2.75, 3.05) is 18.8 Å². The number of hydrogen-bond acceptors (Lipinski definition) is 3. The second-order valence-corrected chi connectivity index (χ2v) is 9.14. The van der Waals surface area contributed by atoms with E-state index in [2.05, 4.69) is 25.7 Å². The molecule has 4 heteroatoms.